The maximum Gasteiger partial charge on any atom is 0.229 e. The van der Waals surface area contributed by atoms with Crippen molar-refractivity contribution in [1.29, 1.82) is 0 Å². The van der Waals surface area contributed by atoms with Crippen molar-refractivity contribution in [3.05, 3.63) is 48.0 Å². The van der Waals surface area contributed by atoms with Crippen LogP contribution in [-0.4, -0.2) is 23.1 Å². The maximum absolute atomic E-state index is 13.0. The Bertz CT molecular complexity index is 539. The third-order valence-corrected chi connectivity index (χ3v) is 3.14. The molecule has 0 bridgehead atoms. The lowest BCUT2D eigenvalue weighted by atomic mass is 10.3. The Morgan fingerprint density at radius 2 is 1.76 bits per heavy atom. The molecule has 1 aromatic carbocycles. The lowest BCUT2D eigenvalue weighted by Gasteiger charge is -2.20. The predicted molar refractivity (Wildman–Crippen MR) is 83.1 cm³/mol. The van der Waals surface area contributed by atoms with E-state index in [0.29, 0.717) is 5.95 Å². The van der Waals surface area contributed by atoms with Gasteiger partial charge in [-0.05, 0) is 44.2 Å². The molecule has 0 spiro atoms. The molecule has 0 fully saturated rings. The Balaban J connectivity index is 2.09. The van der Waals surface area contributed by atoms with Crippen LogP contribution in [-0.2, 0) is 6.54 Å². The van der Waals surface area contributed by atoms with Crippen molar-refractivity contribution in [1.82, 2.24) is 15.3 Å². The van der Waals surface area contributed by atoms with Gasteiger partial charge < -0.3 is 10.2 Å². The average molecular weight is 288 g/mol. The molecule has 0 aliphatic heterocycles. The van der Waals surface area contributed by atoms with E-state index in [-0.39, 0.29) is 5.82 Å². The molecule has 112 valence electrons. The Morgan fingerprint density at radius 1 is 1.10 bits per heavy atom. The summed E-state index contributed by atoms with van der Waals surface area (Å²) in [5.41, 5.74) is 1.94. The largest absolute Gasteiger partial charge is 0.313 e. The third-order valence-electron chi connectivity index (χ3n) is 3.14. The van der Waals surface area contributed by atoms with Crippen molar-refractivity contribution in [2.24, 2.45) is 0 Å². The molecule has 0 aliphatic carbocycles. The molecule has 21 heavy (non-hydrogen) atoms. The van der Waals surface area contributed by atoms with Gasteiger partial charge in [0.2, 0.25) is 5.95 Å². The van der Waals surface area contributed by atoms with Gasteiger partial charge in [0.15, 0.2) is 0 Å². The molecule has 0 atom stereocenters. The van der Waals surface area contributed by atoms with Gasteiger partial charge in [-0.25, -0.2) is 14.4 Å². The molecule has 0 unspecified atom stereocenters. The van der Waals surface area contributed by atoms with Gasteiger partial charge in [-0.2, -0.15) is 0 Å². The highest BCUT2D eigenvalue weighted by molar-refractivity contribution is 5.56. The van der Waals surface area contributed by atoms with E-state index in [1.165, 1.54) is 12.1 Å². The highest BCUT2D eigenvalue weighted by atomic mass is 19.1. The summed E-state index contributed by atoms with van der Waals surface area (Å²) in [4.78, 5) is 10.8. The van der Waals surface area contributed by atoms with E-state index in [9.17, 15) is 4.39 Å². The predicted octanol–water partition coefficient (Wildman–Crippen LogP) is 3.27. The third kappa shape index (κ3) is 4.23. The fraction of sp³-hybridized carbons (Fsp3) is 0.375. The van der Waals surface area contributed by atoms with Crippen LogP contribution in [0, 0.1) is 5.82 Å². The summed E-state index contributed by atoms with van der Waals surface area (Å²) in [5, 5.41) is 3.32. The molecule has 1 heterocycles. The van der Waals surface area contributed by atoms with Crippen LogP contribution in [0.15, 0.2) is 36.7 Å². The first-order valence-electron chi connectivity index (χ1n) is 7.29. The summed E-state index contributed by atoms with van der Waals surface area (Å²) in [5.74, 6) is 0.386. The molecule has 0 saturated heterocycles. The zero-order chi connectivity index (χ0) is 15.1. The topological polar surface area (TPSA) is 41.1 Å². The molecule has 5 heteroatoms. The Hall–Kier alpha value is -2.01. The number of nitrogens with zero attached hydrogens (tertiary/aromatic N) is 3. The maximum atomic E-state index is 13.0. The van der Waals surface area contributed by atoms with Crippen LogP contribution in [0.1, 0.15) is 25.8 Å². The first kappa shape index (κ1) is 15.4. The van der Waals surface area contributed by atoms with E-state index in [1.54, 1.807) is 12.1 Å². The number of aromatic nitrogens is 2. The molecule has 1 N–H and O–H groups in total. The van der Waals surface area contributed by atoms with Crippen LogP contribution in [0.2, 0.25) is 0 Å². The van der Waals surface area contributed by atoms with Crippen LogP contribution in [0.3, 0.4) is 0 Å². The summed E-state index contributed by atoms with van der Waals surface area (Å²) in [7, 11) is 0. The molecule has 1 aromatic heterocycles. The van der Waals surface area contributed by atoms with Gasteiger partial charge in [-0.15, -0.1) is 0 Å². The van der Waals surface area contributed by atoms with Gasteiger partial charge in [0.1, 0.15) is 5.82 Å². The van der Waals surface area contributed by atoms with Crippen molar-refractivity contribution in [2.75, 3.05) is 18.0 Å². The lowest BCUT2D eigenvalue weighted by Crippen LogP contribution is -2.19. The summed E-state index contributed by atoms with van der Waals surface area (Å²) in [6, 6.07) is 6.36. The number of halogens is 1. The van der Waals surface area contributed by atoms with Gasteiger partial charge in [-0.3, -0.25) is 0 Å². The van der Waals surface area contributed by atoms with E-state index in [0.717, 1.165) is 37.3 Å². The Labute approximate surface area is 125 Å². The fourth-order valence-corrected chi connectivity index (χ4v) is 2.05. The van der Waals surface area contributed by atoms with E-state index in [1.807, 2.05) is 24.2 Å². The van der Waals surface area contributed by atoms with Crippen LogP contribution < -0.4 is 10.2 Å². The number of hydrogen-bond donors (Lipinski definition) is 1. The molecule has 0 amide bonds. The second kappa shape index (κ2) is 7.69. The first-order valence-corrected chi connectivity index (χ1v) is 7.29. The zero-order valence-electron chi connectivity index (χ0n) is 12.5. The van der Waals surface area contributed by atoms with Gasteiger partial charge in [-0.1, -0.05) is 6.92 Å². The van der Waals surface area contributed by atoms with Crippen LogP contribution in [0.4, 0.5) is 16.0 Å². The number of rotatable bonds is 7. The standard InChI is InChI=1S/C16H21FN4/c1-3-9-18-10-13-11-19-16(20-12-13)21(4-2)15-7-5-14(17)6-8-15/h5-8,11-12,18H,3-4,9-10H2,1-2H3. The SMILES string of the molecule is CCCNCc1cnc(N(CC)c2ccc(F)cc2)nc1. The molecular formula is C16H21FN4. The van der Waals surface area contributed by atoms with E-state index in [2.05, 4.69) is 22.2 Å². The minimum atomic E-state index is -0.243. The number of hydrogen-bond acceptors (Lipinski definition) is 4. The van der Waals surface area contributed by atoms with Crippen molar-refractivity contribution in [3.63, 3.8) is 0 Å². The average Bonchev–Trinajstić information content (AvgIpc) is 2.52. The molecule has 2 rings (SSSR count). The van der Waals surface area contributed by atoms with E-state index in [4.69, 9.17) is 0 Å². The summed E-state index contributed by atoms with van der Waals surface area (Å²) in [6.07, 6.45) is 4.77. The van der Waals surface area contributed by atoms with E-state index >= 15 is 0 Å². The smallest absolute Gasteiger partial charge is 0.229 e. The molecule has 0 radical (unpaired) electrons. The number of benzene rings is 1. The molecular weight excluding hydrogens is 267 g/mol. The van der Waals surface area contributed by atoms with Crippen LogP contribution in [0.25, 0.3) is 0 Å². The zero-order valence-corrected chi connectivity index (χ0v) is 12.5. The molecule has 0 aliphatic rings. The van der Waals surface area contributed by atoms with Gasteiger partial charge >= 0.3 is 0 Å². The minimum absolute atomic E-state index is 0.243. The lowest BCUT2D eigenvalue weighted by molar-refractivity contribution is 0.627. The van der Waals surface area contributed by atoms with Crippen molar-refractivity contribution >= 4 is 11.6 Å². The molecule has 2 aromatic rings. The second-order valence-corrected chi connectivity index (χ2v) is 4.79. The highest BCUT2D eigenvalue weighted by Gasteiger charge is 2.10. The van der Waals surface area contributed by atoms with Crippen LogP contribution in [0.5, 0.6) is 0 Å². The van der Waals surface area contributed by atoms with Crippen molar-refractivity contribution in [3.8, 4) is 0 Å². The van der Waals surface area contributed by atoms with Gasteiger partial charge in [0.05, 0.1) is 0 Å². The quantitative estimate of drug-likeness (QED) is 0.794. The number of anilines is 2. The Morgan fingerprint density at radius 3 is 2.33 bits per heavy atom. The van der Waals surface area contributed by atoms with Crippen molar-refractivity contribution in [2.45, 2.75) is 26.8 Å². The number of nitrogens with one attached hydrogen (secondary N) is 1. The first-order chi connectivity index (χ1) is 10.2. The highest BCUT2D eigenvalue weighted by Crippen LogP contribution is 2.21. The van der Waals surface area contributed by atoms with Crippen LogP contribution >= 0.6 is 0 Å². The van der Waals surface area contributed by atoms with E-state index < -0.39 is 0 Å². The molecule has 0 saturated carbocycles. The molecule has 4 nitrogen and oxygen atoms in total. The summed E-state index contributed by atoms with van der Waals surface area (Å²) in [6.45, 7) is 6.63. The second-order valence-electron chi connectivity index (χ2n) is 4.79. The van der Waals surface area contributed by atoms with Gasteiger partial charge in [0, 0.05) is 36.7 Å². The monoisotopic (exact) mass is 288 g/mol. The fourth-order valence-electron chi connectivity index (χ4n) is 2.05. The Kier molecular flexibility index (Phi) is 5.63. The van der Waals surface area contributed by atoms with Crippen molar-refractivity contribution < 1.29 is 4.39 Å². The normalized spacial score (nSPS) is 10.6. The minimum Gasteiger partial charge on any atom is -0.313 e. The van der Waals surface area contributed by atoms with Gasteiger partial charge in [0.25, 0.3) is 0 Å². The summed E-state index contributed by atoms with van der Waals surface area (Å²) >= 11 is 0. The summed E-state index contributed by atoms with van der Waals surface area (Å²) < 4.78 is 13.0.